The maximum atomic E-state index is 12.2. The van der Waals surface area contributed by atoms with Crippen LogP contribution in [0.5, 0.6) is 0 Å². The maximum Gasteiger partial charge on any atom is 0.326 e. The number of anilines is 1. The minimum atomic E-state index is -1.04. The lowest BCUT2D eigenvalue weighted by atomic mass is 10.0. The number of hydrogen-bond acceptors (Lipinski definition) is 3. The number of hydrogen-bond donors (Lipinski definition) is 3. The number of rotatable bonds is 5. The molecule has 0 saturated heterocycles. The predicted octanol–water partition coefficient (Wildman–Crippen LogP) is 2.41. The van der Waals surface area contributed by atoms with Crippen molar-refractivity contribution in [1.82, 2.24) is 5.32 Å². The zero-order valence-corrected chi connectivity index (χ0v) is 11.8. The van der Waals surface area contributed by atoms with Gasteiger partial charge in [0, 0.05) is 5.69 Å². The molecule has 21 heavy (non-hydrogen) atoms. The van der Waals surface area contributed by atoms with E-state index in [0.717, 1.165) is 10.8 Å². The fraction of sp³-hybridized carbons (Fsp3) is 0.250. The Hall–Kier alpha value is -2.56. The Morgan fingerprint density at radius 3 is 2.43 bits per heavy atom. The van der Waals surface area contributed by atoms with E-state index in [9.17, 15) is 9.59 Å². The first kappa shape index (κ1) is 14.8. The summed E-state index contributed by atoms with van der Waals surface area (Å²) < 4.78 is 0. The summed E-state index contributed by atoms with van der Waals surface area (Å²) in [7, 11) is 0. The molecule has 0 unspecified atom stereocenters. The number of benzene rings is 2. The van der Waals surface area contributed by atoms with Gasteiger partial charge < -0.3 is 16.2 Å². The number of fused-ring (bicyclic) bond motifs is 1. The zero-order valence-electron chi connectivity index (χ0n) is 11.8. The van der Waals surface area contributed by atoms with Gasteiger partial charge in [-0.3, -0.25) is 4.79 Å². The molecular weight excluding hydrogens is 268 g/mol. The van der Waals surface area contributed by atoms with Crippen LogP contribution in [0.4, 0.5) is 5.69 Å². The van der Waals surface area contributed by atoms with Crippen LogP contribution >= 0.6 is 0 Å². The molecule has 5 heteroatoms. The van der Waals surface area contributed by atoms with Gasteiger partial charge in [0.05, 0.1) is 5.56 Å². The molecule has 1 atom stereocenters. The summed E-state index contributed by atoms with van der Waals surface area (Å²) in [6.45, 7) is 1.87. The molecule has 0 radical (unpaired) electrons. The molecule has 0 bridgehead atoms. The topological polar surface area (TPSA) is 92.4 Å². The fourth-order valence-corrected chi connectivity index (χ4v) is 2.24. The molecule has 2 aromatic carbocycles. The number of carboxylic acids is 1. The monoisotopic (exact) mass is 286 g/mol. The Balaban J connectivity index is 2.30. The van der Waals surface area contributed by atoms with Crippen molar-refractivity contribution in [2.45, 2.75) is 25.8 Å². The van der Waals surface area contributed by atoms with E-state index in [0.29, 0.717) is 24.1 Å². The Morgan fingerprint density at radius 1 is 1.24 bits per heavy atom. The molecule has 5 nitrogen and oxygen atoms in total. The van der Waals surface area contributed by atoms with Crippen molar-refractivity contribution in [2.24, 2.45) is 0 Å². The van der Waals surface area contributed by atoms with E-state index >= 15 is 0 Å². The summed E-state index contributed by atoms with van der Waals surface area (Å²) in [6, 6.07) is 10.1. The van der Waals surface area contributed by atoms with Gasteiger partial charge in [-0.1, -0.05) is 37.6 Å². The van der Waals surface area contributed by atoms with E-state index in [4.69, 9.17) is 10.8 Å². The highest BCUT2D eigenvalue weighted by Gasteiger charge is 2.21. The molecule has 0 heterocycles. The highest BCUT2D eigenvalue weighted by Crippen LogP contribution is 2.22. The van der Waals surface area contributed by atoms with E-state index in [-0.39, 0.29) is 0 Å². The largest absolute Gasteiger partial charge is 0.480 e. The van der Waals surface area contributed by atoms with Crippen LogP contribution in [0.3, 0.4) is 0 Å². The smallest absolute Gasteiger partial charge is 0.326 e. The van der Waals surface area contributed by atoms with Gasteiger partial charge in [0.15, 0.2) is 0 Å². The SMILES string of the molecule is CCC[C@@H](NC(=O)c1cc2ccccc2cc1N)C(=O)O. The number of amides is 1. The second-order valence-corrected chi connectivity index (χ2v) is 4.94. The molecule has 0 aromatic heterocycles. The van der Waals surface area contributed by atoms with E-state index in [1.54, 1.807) is 12.1 Å². The molecule has 0 fully saturated rings. The highest BCUT2D eigenvalue weighted by atomic mass is 16.4. The van der Waals surface area contributed by atoms with E-state index in [1.165, 1.54) is 0 Å². The summed E-state index contributed by atoms with van der Waals surface area (Å²) in [5.41, 5.74) is 6.55. The Labute approximate surface area is 122 Å². The number of nitrogens with two attached hydrogens (primary N) is 1. The van der Waals surface area contributed by atoms with Crippen LogP contribution in [0.15, 0.2) is 36.4 Å². The normalized spacial score (nSPS) is 12.0. The lowest BCUT2D eigenvalue weighted by Gasteiger charge is -2.15. The first-order chi connectivity index (χ1) is 10.0. The second kappa shape index (κ2) is 6.26. The summed E-state index contributed by atoms with van der Waals surface area (Å²) >= 11 is 0. The van der Waals surface area contributed by atoms with Crippen molar-refractivity contribution in [2.75, 3.05) is 5.73 Å². The van der Waals surface area contributed by atoms with Crippen LogP contribution in [-0.4, -0.2) is 23.0 Å². The first-order valence-corrected chi connectivity index (χ1v) is 6.85. The van der Waals surface area contributed by atoms with Crippen LogP contribution in [0.25, 0.3) is 10.8 Å². The molecule has 0 saturated carbocycles. The van der Waals surface area contributed by atoms with Crippen molar-refractivity contribution >= 4 is 28.3 Å². The Kier molecular flexibility index (Phi) is 4.42. The summed E-state index contributed by atoms with van der Waals surface area (Å²) in [6.07, 6.45) is 1.05. The molecule has 1 amide bonds. The van der Waals surface area contributed by atoms with E-state index < -0.39 is 17.9 Å². The van der Waals surface area contributed by atoms with Crippen molar-refractivity contribution in [1.29, 1.82) is 0 Å². The van der Waals surface area contributed by atoms with E-state index in [1.807, 2.05) is 31.2 Å². The van der Waals surface area contributed by atoms with Crippen LogP contribution in [0, 0.1) is 0 Å². The molecule has 0 spiro atoms. The lowest BCUT2D eigenvalue weighted by Crippen LogP contribution is -2.40. The van der Waals surface area contributed by atoms with Gasteiger partial charge in [0.25, 0.3) is 5.91 Å². The number of carboxylic acid groups (broad SMARTS) is 1. The molecule has 0 aliphatic carbocycles. The van der Waals surface area contributed by atoms with Gasteiger partial charge in [-0.05, 0) is 29.3 Å². The average Bonchev–Trinajstić information content (AvgIpc) is 2.45. The van der Waals surface area contributed by atoms with Crippen LogP contribution < -0.4 is 11.1 Å². The standard InChI is InChI=1S/C16H18N2O3/c1-2-5-14(16(20)21)18-15(19)12-8-10-6-3-4-7-11(10)9-13(12)17/h3-4,6-9,14H,2,5,17H2,1H3,(H,18,19)(H,20,21)/t14-/m1/s1. The summed E-state index contributed by atoms with van der Waals surface area (Å²) in [4.78, 5) is 23.4. The fourth-order valence-electron chi connectivity index (χ4n) is 2.24. The quantitative estimate of drug-likeness (QED) is 0.736. The lowest BCUT2D eigenvalue weighted by molar-refractivity contribution is -0.139. The molecule has 2 aromatic rings. The van der Waals surface area contributed by atoms with Gasteiger partial charge >= 0.3 is 5.97 Å². The van der Waals surface area contributed by atoms with Crippen molar-refractivity contribution in [3.63, 3.8) is 0 Å². The first-order valence-electron chi connectivity index (χ1n) is 6.85. The van der Waals surface area contributed by atoms with Crippen molar-refractivity contribution in [3.05, 3.63) is 42.0 Å². The molecule has 110 valence electrons. The van der Waals surface area contributed by atoms with Crippen LogP contribution in [-0.2, 0) is 4.79 Å². The highest BCUT2D eigenvalue weighted by molar-refractivity contribution is 6.05. The van der Waals surface area contributed by atoms with Gasteiger partial charge in [-0.2, -0.15) is 0 Å². The summed E-state index contributed by atoms with van der Waals surface area (Å²) in [5, 5.41) is 13.4. The Bertz CT molecular complexity index is 682. The molecular formula is C16H18N2O3. The molecule has 4 N–H and O–H groups in total. The zero-order chi connectivity index (χ0) is 15.4. The molecule has 0 aliphatic heterocycles. The third kappa shape index (κ3) is 3.31. The number of carbonyl (C=O) groups is 2. The second-order valence-electron chi connectivity index (χ2n) is 4.94. The number of aliphatic carboxylic acids is 1. The average molecular weight is 286 g/mol. The molecule has 2 rings (SSSR count). The summed E-state index contributed by atoms with van der Waals surface area (Å²) in [5.74, 6) is -1.50. The van der Waals surface area contributed by atoms with Gasteiger partial charge in [-0.25, -0.2) is 4.79 Å². The Morgan fingerprint density at radius 2 is 1.86 bits per heavy atom. The number of nitrogen functional groups attached to an aromatic ring is 1. The van der Waals surface area contributed by atoms with E-state index in [2.05, 4.69) is 5.32 Å². The van der Waals surface area contributed by atoms with Gasteiger partial charge in [0.2, 0.25) is 0 Å². The van der Waals surface area contributed by atoms with Gasteiger partial charge in [0.1, 0.15) is 6.04 Å². The van der Waals surface area contributed by atoms with Gasteiger partial charge in [-0.15, -0.1) is 0 Å². The third-order valence-electron chi connectivity index (χ3n) is 3.34. The number of carbonyl (C=O) groups excluding carboxylic acids is 1. The number of nitrogens with one attached hydrogen (secondary N) is 1. The maximum absolute atomic E-state index is 12.2. The minimum Gasteiger partial charge on any atom is -0.480 e. The van der Waals surface area contributed by atoms with Crippen molar-refractivity contribution < 1.29 is 14.7 Å². The van der Waals surface area contributed by atoms with Crippen LogP contribution in [0.2, 0.25) is 0 Å². The van der Waals surface area contributed by atoms with Crippen molar-refractivity contribution in [3.8, 4) is 0 Å². The van der Waals surface area contributed by atoms with Crippen LogP contribution in [0.1, 0.15) is 30.1 Å². The molecule has 0 aliphatic rings. The third-order valence-corrected chi connectivity index (χ3v) is 3.34. The predicted molar refractivity (Wildman–Crippen MR) is 82.2 cm³/mol. The minimum absolute atomic E-state index is 0.302.